The normalized spacial score (nSPS) is 12.7. The molecule has 4 rings (SSSR count). The number of rotatable bonds is 15. The Hall–Kier alpha value is -2.78. The van der Waals surface area contributed by atoms with E-state index in [0.29, 0.717) is 39.6 Å². The second-order valence-electron chi connectivity index (χ2n) is 11.8. The third-order valence-electron chi connectivity index (χ3n) is 8.18. The van der Waals surface area contributed by atoms with E-state index >= 15 is 0 Å². The molecule has 288 valence electrons. The predicted octanol–water partition coefficient (Wildman–Crippen LogP) is 5.97. The first-order valence-corrected chi connectivity index (χ1v) is 22.1. The molecule has 4 aromatic rings. The zero-order valence-corrected chi connectivity index (χ0v) is 34.3. The standard InChI is InChI=1S/C35H50NO6Si2.CHF3O3S/c1-11-37-43(38-12-2,39-13-3)28-17-19-32-30(23-28)35(34-26(8)21-25(7)22-27(34)9)31-24-29(18-20-33(31)36(32)10)44(40-14-4,41-15-5)42-16-6;2-1(3,4)8(5,6)7/h17-24H,11-16H2,1-10H3;(H,5,6,7)/q+1;/p-1. The van der Waals surface area contributed by atoms with Gasteiger partial charge in [0.15, 0.2) is 10.1 Å². The van der Waals surface area contributed by atoms with Crippen molar-refractivity contribution in [1.29, 1.82) is 0 Å². The van der Waals surface area contributed by atoms with Gasteiger partial charge in [0.1, 0.15) is 7.05 Å². The lowest BCUT2D eigenvalue weighted by Crippen LogP contribution is -2.57. The fourth-order valence-electron chi connectivity index (χ4n) is 6.45. The Kier molecular flexibility index (Phi) is 15.1. The number of aryl methyl sites for hydroxylation is 4. The molecule has 0 unspecified atom stereocenters. The van der Waals surface area contributed by atoms with Gasteiger partial charge in [-0.1, -0.05) is 17.7 Å². The van der Waals surface area contributed by atoms with E-state index in [-0.39, 0.29) is 0 Å². The summed E-state index contributed by atoms with van der Waals surface area (Å²) in [6, 6.07) is 17.6. The number of benzene rings is 3. The van der Waals surface area contributed by atoms with E-state index in [4.69, 9.17) is 39.5 Å². The SMILES string of the molecule is CCO[Si](OCC)(OCC)c1ccc2c(c1)c(-c1c(C)cc(C)cc1C)c1cc([Si](OCC)(OCC)OCC)ccc1[n+]2C.O=S(=O)([O-])C(F)(F)F. The van der Waals surface area contributed by atoms with Gasteiger partial charge < -0.3 is 31.1 Å². The van der Waals surface area contributed by atoms with Gasteiger partial charge in [-0.2, -0.15) is 17.7 Å². The van der Waals surface area contributed by atoms with Crippen molar-refractivity contribution in [2.24, 2.45) is 7.05 Å². The Bertz CT molecular complexity index is 1820. The Balaban J connectivity index is 0.000000815. The second kappa shape index (κ2) is 18.0. The van der Waals surface area contributed by atoms with Gasteiger partial charge in [-0.3, -0.25) is 0 Å². The van der Waals surface area contributed by atoms with Crippen LogP contribution in [0.4, 0.5) is 13.2 Å². The topological polar surface area (TPSA) is 116 Å². The summed E-state index contributed by atoms with van der Waals surface area (Å²) in [4.78, 5) is 0. The van der Waals surface area contributed by atoms with Gasteiger partial charge in [-0.25, -0.2) is 8.42 Å². The van der Waals surface area contributed by atoms with Crippen molar-refractivity contribution in [2.75, 3.05) is 39.6 Å². The van der Waals surface area contributed by atoms with Crippen LogP contribution in [0.25, 0.3) is 32.9 Å². The molecule has 52 heavy (non-hydrogen) atoms. The maximum atomic E-state index is 10.7. The smallest absolute Gasteiger partial charge is 0.537 e. The average Bonchev–Trinajstić information content (AvgIpc) is 3.05. The molecule has 0 spiro atoms. The van der Waals surface area contributed by atoms with Crippen molar-refractivity contribution in [3.05, 3.63) is 65.2 Å². The minimum atomic E-state index is -6.09. The van der Waals surface area contributed by atoms with Crippen LogP contribution in [-0.4, -0.2) is 75.7 Å². The van der Waals surface area contributed by atoms with Gasteiger partial charge in [0.2, 0.25) is 11.0 Å². The average molecular weight is 786 g/mol. The van der Waals surface area contributed by atoms with E-state index in [0.717, 1.165) is 37.7 Å². The number of aromatic nitrogens is 1. The van der Waals surface area contributed by atoms with E-state index < -0.39 is 33.2 Å². The van der Waals surface area contributed by atoms with E-state index in [1.54, 1.807) is 0 Å². The first kappa shape index (κ1) is 43.6. The Morgan fingerprint density at radius 1 is 0.615 bits per heavy atom. The molecule has 3 aromatic carbocycles. The monoisotopic (exact) mass is 785 g/mol. The number of fused-ring (bicyclic) bond motifs is 2. The molecule has 0 atom stereocenters. The fraction of sp³-hybridized carbons (Fsp3) is 0.472. The highest BCUT2D eigenvalue weighted by Gasteiger charge is 2.45. The molecule has 0 saturated carbocycles. The zero-order valence-electron chi connectivity index (χ0n) is 31.5. The Labute approximate surface area is 307 Å². The van der Waals surface area contributed by atoms with Crippen molar-refractivity contribution in [3.8, 4) is 11.1 Å². The second-order valence-corrected chi connectivity index (χ2v) is 18.3. The molecule has 0 fully saturated rings. The summed E-state index contributed by atoms with van der Waals surface area (Å²) >= 11 is 0. The highest BCUT2D eigenvalue weighted by molar-refractivity contribution is 7.86. The summed E-state index contributed by atoms with van der Waals surface area (Å²) in [6.07, 6.45) is 0. The van der Waals surface area contributed by atoms with Crippen molar-refractivity contribution >= 4 is 59.9 Å². The summed E-state index contributed by atoms with van der Waals surface area (Å²) in [5, 5.41) is 4.13. The van der Waals surface area contributed by atoms with Gasteiger partial charge >= 0.3 is 23.1 Å². The largest absolute Gasteiger partial charge is 0.741 e. The van der Waals surface area contributed by atoms with Gasteiger partial charge in [-0.15, -0.1) is 0 Å². The summed E-state index contributed by atoms with van der Waals surface area (Å²) in [7, 11) is -10.3. The molecule has 0 amide bonds. The molecular weight excluding hydrogens is 736 g/mol. The number of alkyl halides is 3. The highest BCUT2D eigenvalue weighted by Crippen LogP contribution is 2.38. The lowest BCUT2D eigenvalue weighted by Gasteiger charge is -2.29. The third-order valence-corrected chi connectivity index (χ3v) is 14.8. The molecule has 0 aliphatic heterocycles. The van der Waals surface area contributed by atoms with Crippen LogP contribution in [0.15, 0.2) is 48.5 Å². The van der Waals surface area contributed by atoms with Crippen LogP contribution in [0.5, 0.6) is 0 Å². The fourth-order valence-corrected chi connectivity index (χ4v) is 11.4. The van der Waals surface area contributed by atoms with Gasteiger partial charge in [0.05, 0.1) is 10.8 Å². The van der Waals surface area contributed by atoms with Gasteiger partial charge in [-0.05, 0) is 103 Å². The summed E-state index contributed by atoms with van der Waals surface area (Å²) in [5.41, 5.74) is 2.64. The Morgan fingerprint density at radius 2 is 0.923 bits per heavy atom. The number of hydrogen-bond donors (Lipinski definition) is 0. The Morgan fingerprint density at radius 3 is 1.19 bits per heavy atom. The van der Waals surface area contributed by atoms with E-state index in [9.17, 15) is 13.2 Å². The van der Waals surface area contributed by atoms with Crippen molar-refractivity contribution < 1.29 is 57.3 Å². The molecule has 0 aliphatic carbocycles. The van der Waals surface area contributed by atoms with Crippen LogP contribution in [0.2, 0.25) is 0 Å². The minimum Gasteiger partial charge on any atom is -0.741 e. The lowest BCUT2D eigenvalue weighted by molar-refractivity contribution is -0.617. The quantitative estimate of drug-likeness (QED) is 0.0473. The first-order chi connectivity index (χ1) is 24.4. The van der Waals surface area contributed by atoms with Crippen LogP contribution in [0, 0.1) is 20.8 Å². The molecule has 0 bridgehead atoms. The van der Waals surface area contributed by atoms with Gasteiger partial charge in [0, 0.05) is 67.7 Å². The maximum absolute atomic E-state index is 10.7. The van der Waals surface area contributed by atoms with Gasteiger partial charge in [0.25, 0.3) is 0 Å². The number of pyridine rings is 1. The molecule has 16 heteroatoms. The van der Waals surface area contributed by atoms with E-state index in [1.807, 2.05) is 41.5 Å². The van der Waals surface area contributed by atoms with E-state index in [2.05, 4.69) is 80.9 Å². The lowest BCUT2D eigenvalue weighted by atomic mass is 9.89. The molecule has 0 saturated heterocycles. The highest BCUT2D eigenvalue weighted by atomic mass is 32.2. The van der Waals surface area contributed by atoms with Crippen molar-refractivity contribution in [1.82, 2.24) is 0 Å². The molecule has 0 aliphatic rings. The van der Waals surface area contributed by atoms with Crippen LogP contribution in [-0.2, 0) is 43.7 Å². The first-order valence-electron chi connectivity index (χ1n) is 17.2. The minimum absolute atomic E-state index is 0.501. The molecular formula is C36H50F3NO9SSi2. The number of hydrogen-bond acceptors (Lipinski definition) is 9. The maximum Gasteiger partial charge on any atom is 0.537 e. The van der Waals surface area contributed by atoms with E-state index in [1.165, 1.54) is 22.3 Å². The number of halogens is 3. The summed E-state index contributed by atoms with van der Waals surface area (Å²) in [5.74, 6) is 0. The molecule has 1 heterocycles. The summed E-state index contributed by atoms with van der Waals surface area (Å²) in [6.45, 7) is 21.5. The van der Waals surface area contributed by atoms with Crippen LogP contribution in [0.3, 0.4) is 0 Å². The summed E-state index contributed by atoms with van der Waals surface area (Å²) < 4.78 is 99.3. The third kappa shape index (κ3) is 9.29. The molecule has 0 radical (unpaired) electrons. The predicted molar refractivity (Wildman–Crippen MR) is 199 cm³/mol. The van der Waals surface area contributed by atoms with Crippen LogP contribution < -0.4 is 14.9 Å². The van der Waals surface area contributed by atoms with Crippen molar-refractivity contribution in [3.63, 3.8) is 0 Å². The molecule has 10 nitrogen and oxygen atoms in total. The molecule has 1 aromatic heterocycles. The number of nitrogens with zero attached hydrogens (tertiary/aromatic N) is 1. The molecule has 0 N–H and O–H groups in total. The van der Waals surface area contributed by atoms with Crippen molar-refractivity contribution in [2.45, 2.75) is 67.8 Å². The van der Waals surface area contributed by atoms with Crippen LogP contribution >= 0.6 is 0 Å². The van der Waals surface area contributed by atoms with Crippen LogP contribution in [0.1, 0.15) is 58.2 Å². The zero-order chi connectivity index (χ0) is 39.1.